The van der Waals surface area contributed by atoms with Crippen LogP contribution in [0.1, 0.15) is 40.3 Å². The number of aryl methyl sites for hydroxylation is 2. The van der Waals surface area contributed by atoms with Gasteiger partial charge in [0.15, 0.2) is 5.82 Å². The van der Waals surface area contributed by atoms with Crippen molar-refractivity contribution in [1.29, 1.82) is 0 Å². The van der Waals surface area contributed by atoms with Crippen molar-refractivity contribution < 1.29 is 9.32 Å². The highest BCUT2D eigenvalue weighted by Gasteiger charge is 2.30. The molecule has 134 valence electrons. The van der Waals surface area contributed by atoms with Gasteiger partial charge in [-0.15, -0.1) is 11.3 Å². The zero-order valence-electron chi connectivity index (χ0n) is 14.7. The Morgan fingerprint density at radius 3 is 2.92 bits per heavy atom. The third kappa shape index (κ3) is 3.42. The molecular weight excluding hydrogens is 346 g/mol. The number of carbonyl (C=O) groups is 1. The van der Waals surface area contributed by atoms with Crippen molar-refractivity contribution in [3.05, 3.63) is 58.0 Å². The Kier molecular flexibility index (Phi) is 4.84. The highest BCUT2D eigenvalue weighted by atomic mass is 32.1. The zero-order chi connectivity index (χ0) is 17.9. The predicted molar refractivity (Wildman–Crippen MR) is 101 cm³/mol. The van der Waals surface area contributed by atoms with Gasteiger partial charge in [0, 0.05) is 24.6 Å². The van der Waals surface area contributed by atoms with Crippen molar-refractivity contribution in [2.45, 2.75) is 38.6 Å². The minimum absolute atomic E-state index is 0.165. The molecule has 1 saturated heterocycles. The Morgan fingerprint density at radius 2 is 2.15 bits per heavy atom. The summed E-state index contributed by atoms with van der Waals surface area (Å²) in [4.78, 5) is 20.2. The lowest BCUT2D eigenvalue weighted by Gasteiger charge is -2.24. The van der Waals surface area contributed by atoms with Gasteiger partial charge >= 0.3 is 0 Å². The van der Waals surface area contributed by atoms with Gasteiger partial charge in [-0.3, -0.25) is 4.79 Å². The van der Waals surface area contributed by atoms with E-state index >= 15 is 0 Å². The highest BCUT2D eigenvalue weighted by Crippen LogP contribution is 2.27. The van der Waals surface area contributed by atoms with Crippen LogP contribution in [-0.2, 0) is 6.42 Å². The first kappa shape index (κ1) is 17.0. The maximum absolute atomic E-state index is 12.8. The average Bonchev–Trinajstić information content (AvgIpc) is 3.41. The molecule has 0 bridgehead atoms. The van der Waals surface area contributed by atoms with Crippen molar-refractivity contribution >= 4 is 17.2 Å². The lowest BCUT2D eigenvalue weighted by atomic mass is 10.1. The largest absolute Gasteiger partial charge is 0.335 e. The number of aromatic nitrogens is 2. The van der Waals surface area contributed by atoms with Crippen LogP contribution in [0.4, 0.5) is 0 Å². The standard InChI is InChI=1S/C20H21N3O2S/c1-14-11-13-26-18(14)20(24)23-12-5-8-16(23)9-10-17-21-19(25-22-17)15-6-3-2-4-7-15/h2-4,6-7,11,13,16H,5,8-10,12H2,1H3. The second-order valence-electron chi connectivity index (χ2n) is 6.65. The van der Waals surface area contributed by atoms with Crippen LogP contribution in [0.15, 0.2) is 46.3 Å². The summed E-state index contributed by atoms with van der Waals surface area (Å²) in [7, 11) is 0. The minimum Gasteiger partial charge on any atom is -0.335 e. The van der Waals surface area contributed by atoms with Crippen molar-refractivity contribution in [1.82, 2.24) is 15.0 Å². The van der Waals surface area contributed by atoms with E-state index in [0.717, 1.165) is 41.8 Å². The van der Waals surface area contributed by atoms with Crippen LogP contribution >= 0.6 is 11.3 Å². The first-order valence-corrected chi connectivity index (χ1v) is 9.83. The fourth-order valence-corrected chi connectivity index (χ4v) is 4.35. The van der Waals surface area contributed by atoms with Gasteiger partial charge in [-0.1, -0.05) is 23.4 Å². The van der Waals surface area contributed by atoms with Gasteiger partial charge < -0.3 is 9.42 Å². The summed E-state index contributed by atoms with van der Waals surface area (Å²) in [5.41, 5.74) is 1.99. The minimum atomic E-state index is 0.165. The molecule has 1 unspecified atom stereocenters. The number of thiophene rings is 1. The van der Waals surface area contributed by atoms with E-state index in [-0.39, 0.29) is 11.9 Å². The topological polar surface area (TPSA) is 59.2 Å². The van der Waals surface area contributed by atoms with Crippen LogP contribution in [0.5, 0.6) is 0 Å². The van der Waals surface area contributed by atoms with E-state index < -0.39 is 0 Å². The van der Waals surface area contributed by atoms with E-state index in [2.05, 4.69) is 10.1 Å². The van der Waals surface area contributed by atoms with Gasteiger partial charge in [0.05, 0.1) is 4.88 Å². The molecule has 4 rings (SSSR count). The van der Waals surface area contributed by atoms with Crippen molar-refractivity contribution in [3.8, 4) is 11.5 Å². The van der Waals surface area contributed by atoms with Crippen molar-refractivity contribution in [3.63, 3.8) is 0 Å². The number of carbonyl (C=O) groups excluding carboxylic acids is 1. The Hall–Kier alpha value is -2.47. The number of hydrogen-bond acceptors (Lipinski definition) is 5. The molecule has 3 aromatic rings. The highest BCUT2D eigenvalue weighted by molar-refractivity contribution is 7.12. The third-order valence-corrected chi connectivity index (χ3v) is 5.89. The maximum atomic E-state index is 12.8. The molecule has 0 spiro atoms. The summed E-state index contributed by atoms with van der Waals surface area (Å²) >= 11 is 1.53. The lowest BCUT2D eigenvalue weighted by molar-refractivity contribution is 0.0734. The summed E-state index contributed by atoms with van der Waals surface area (Å²) in [6.45, 7) is 2.83. The van der Waals surface area contributed by atoms with Crippen LogP contribution in [0.25, 0.3) is 11.5 Å². The number of benzene rings is 1. The van der Waals surface area contributed by atoms with Gasteiger partial charge in [-0.25, -0.2) is 0 Å². The van der Waals surface area contributed by atoms with Crippen LogP contribution in [-0.4, -0.2) is 33.5 Å². The molecule has 1 amide bonds. The molecule has 0 saturated carbocycles. The molecule has 1 fully saturated rings. The Morgan fingerprint density at radius 1 is 1.31 bits per heavy atom. The second-order valence-corrected chi connectivity index (χ2v) is 7.56. The van der Waals surface area contributed by atoms with Gasteiger partial charge in [0.2, 0.25) is 0 Å². The Labute approximate surface area is 156 Å². The number of hydrogen-bond donors (Lipinski definition) is 0. The van der Waals surface area contributed by atoms with E-state index in [1.165, 1.54) is 11.3 Å². The first-order chi connectivity index (χ1) is 12.7. The SMILES string of the molecule is Cc1ccsc1C(=O)N1CCCC1CCc1noc(-c2ccccc2)n1. The monoisotopic (exact) mass is 367 g/mol. The summed E-state index contributed by atoms with van der Waals surface area (Å²) in [6.07, 6.45) is 3.68. The molecule has 26 heavy (non-hydrogen) atoms. The molecule has 0 aliphatic carbocycles. The molecule has 3 heterocycles. The van der Waals surface area contributed by atoms with E-state index in [4.69, 9.17) is 4.52 Å². The quantitative estimate of drug-likeness (QED) is 0.673. The molecule has 6 heteroatoms. The number of rotatable bonds is 5. The molecule has 1 aliphatic rings. The first-order valence-electron chi connectivity index (χ1n) is 8.95. The summed E-state index contributed by atoms with van der Waals surface area (Å²) in [5, 5.41) is 6.08. The molecule has 1 aromatic carbocycles. The van der Waals surface area contributed by atoms with Crippen LogP contribution in [0.2, 0.25) is 0 Å². The fourth-order valence-electron chi connectivity index (χ4n) is 3.47. The smallest absolute Gasteiger partial charge is 0.264 e. The zero-order valence-corrected chi connectivity index (χ0v) is 15.5. The predicted octanol–water partition coefficient (Wildman–Crippen LogP) is 4.34. The Balaban J connectivity index is 1.40. The molecule has 0 N–H and O–H groups in total. The summed E-state index contributed by atoms with van der Waals surface area (Å²) in [6, 6.07) is 12.0. The van der Waals surface area contributed by atoms with Gasteiger partial charge in [-0.2, -0.15) is 4.98 Å². The molecule has 1 atom stereocenters. The van der Waals surface area contributed by atoms with Crippen molar-refractivity contribution in [2.75, 3.05) is 6.54 Å². The van der Waals surface area contributed by atoms with E-state index in [9.17, 15) is 4.79 Å². The van der Waals surface area contributed by atoms with Crippen LogP contribution in [0.3, 0.4) is 0 Å². The molecular formula is C20H21N3O2S. The summed E-state index contributed by atoms with van der Waals surface area (Å²) < 4.78 is 5.37. The maximum Gasteiger partial charge on any atom is 0.264 e. The van der Waals surface area contributed by atoms with Crippen molar-refractivity contribution in [2.24, 2.45) is 0 Å². The van der Waals surface area contributed by atoms with E-state index in [1.54, 1.807) is 0 Å². The number of likely N-dealkylation sites (tertiary alicyclic amines) is 1. The number of amides is 1. The third-order valence-electron chi connectivity index (χ3n) is 4.88. The lowest BCUT2D eigenvalue weighted by Crippen LogP contribution is -2.35. The van der Waals surface area contributed by atoms with E-state index in [1.807, 2.05) is 53.6 Å². The van der Waals surface area contributed by atoms with Crippen LogP contribution in [0, 0.1) is 6.92 Å². The van der Waals surface area contributed by atoms with Crippen LogP contribution < -0.4 is 0 Å². The Bertz CT molecular complexity index is 887. The van der Waals surface area contributed by atoms with Gasteiger partial charge in [0.1, 0.15) is 0 Å². The molecule has 0 radical (unpaired) electrons. The van der Waals surface area contributed by atoms with Gasteiger partial charge in [-0.05, 0) is 55.3 Å². The normalized spacial score (nSPS) is 17.0. The number of nitrogens with zero attached hydrogens (tertiary/aromatic N) is 3. The van der Waals surface area contributed by atoms with E-state index in [0.29, 0.717) is 18.1 Å². The molecule has 1 aliphatic heterocycles. The van der Waals surface area contributed by atoms with Gasteiger partial charge in [0.25, 0.3) is 11.8 Å². The molecule has 2 aromatic heterocycles. The fraction of sp³-hybridized carbons (Fsp3) is 0.350. The molecule has 5 nitrogen and oxygen atoms in total. The second kappa shape index (κ2) is 7.41. The average molecular weight is 367 g/mol. The summed E-state index contributed by atoms with van der Waals surface area (Å²) in [5.74, 6) is 1.42.